The first-order valence-corrected chi connectivity index (χ1v) is 9.87. The molecule has 0 unspecified atom stereocenters. The lowest BCUT2D eigenvalue weighted by Crippen LogP contribution is -2.34. The molecule has 0 aliphatic carbocycles. The van der Waals surface area contributed by atoms with Gasteiger partial charge >= 0.3 is 0 Å². The van der Waals surface area contributed by atoms with Crippen LogP contribution in [-0.2, 0) is 11.3 Å². The number of pyridine rings is 1. The number of hydrogen-bond acceptors (Lipinski definition) is 5. The van der Waals surface area contributed by atoms with Gasteiger partial charge in [0.05, 0.1) is 16.9 Å². The molecule has 7 heteroatoms. The van der Waals surface area contributed by atoms with Crippen LogP contribution in [0, 0.1) is 12.7 Å². The van der Waals surface area contributed by atoms with E-state index in [0.29, 0.717) is 21.3 Å². The molecule has 0 saturated carbocycles. The minimum Gasteiger partial charge on any atom is -0.483 e. The molecule has 4 aromatic rings. The highest BCUT2D eigenvalue weighted by molar-refractivity contribution is 7.22. The van der Waals surface area contributed by atoms with Crippen LogP contribution in [0.2, 0.25) is 0 Å². The van der Waals surface area contributed by atoms with Crippen molar-refractivity contribution in [3.8, 4) is 5.75 Å². The molecule has 0 bridgehead atoms. The van der Waals surface area contributed by atoms with E-state index in [-0.39, 0.29) is 24.6 Å². The number of rotatable bonds is 6. The first kappa shape index (κ1) is 19.0. The van der Waals surface area contributed by atoms with Crippen LogP contribution in [0.1, 0.15) is 11.3 Å². The van der Waals surface area contributed by atoms with Gasteiger partial charge in [0, 0.05) is 6.20 Å². The van der Waals surface area contributed by atoms with E-state index in [1.807, 2.05) is 49.4 Å². The summed E-state index contributed by atoms with van der Waals surface area (Å²) in [5.41, 5.74) is 1.90. The quantitative estimate of drug-likeness (QED) is 0.463. The van der Waals surface area contributed by atoms with E-state index in [1.165, 1.54) is 22.3 Å². The van der Waals surface area contributed by atoms with Crippen LogP contribution >= 0.6 is 11.3 Å². The van der Waals surface area contributed by atoms with Crippen LogP contribution in [0.25, 0.3) is 10.2 Å². The molecular formula is C22H18FN3O2S. The number of carbonyl (C=O) groups is 1. The molecule has 0 saturated heterocycles. The Hall–Kier alpha value is -3.32. The molecule has 2 heterocycles. The monoisotopic (exact) mass is 407 g/mol. The van der Waals surface area contributed by atoms with Crippen molar-refractivity contribution in [1.82, 2.24) is 9.97 Å². The molecule has 0 aliphatic heterocycles. The third-order valence-electron chi connectivity index (χ3n) is 4.38. The third-order valence-corrected chi connectivity index (χ3v) is 5.43. The lowest BCUT2D eigenvalue weighted by atomic mass is 10.2. The molecule has 4 rings (SSSR count). The zero-order valence-corrected chi connectivity index (χ0v) is 16.5. The summed E-state index contributed by atoms with van der Waals surface area (Å²) in [5.74, 6) is -0.0428. The average Bonchev–Trinajstić information content (AvgIpc) is 3.17. The van der Waals surface area contributed by atoms with Gasteiger partial charge in [0.25, 0.3) is 5.91 Å². The second-order valence-electron chi connectivity index (χ2n) is 6.44. The zero-order valence-electron chi connectivity index (χ0n) is 15.7. The largest absolute Gasteiger partial charge is 0.483 e. The molecule has 2 aromatic heterocycles. The molecule has 0 spiro atoms. The fourth-order valence-electron chi connectivity index (χ4n) is 2.87. The molecule has 1 amide bonds. The Morgan fingerprint density at radius 3 is 2.69 bits per heavy atom. The highest BCUT2D eigenvalue weighted by Gasteiger charge is 2.22. The van der Waals surface area contributed by atoms with E-state index < -0.39 is 5.82 Å². The Bertz CT molecular complexity index is 1150. The summed E-state index contributed by atoms with van der Waals surface area (Å²) in [4.78, 5) is 23.2. The van der Waals surface area contributed by atoms with E-state index in [1.54, 1.807) is 18.3 Å². The molecule has 29 heavy (non-hydrogen) atoms. The normalized spacial score (nSPS) is 10.8. The second kappa shape index (κ2) is 8.36. The molecule has 5 nitrogen and oxygen atoms in total. The molecule has 0 radical (unpaired) electrons. The molecule has 0 atom stereocenters. The number of carbonyl (C=O) groups excluding carboxylic acids is 1. The number of hydrogen-bond donors (Lipinski definition) is 0. The summed E-state index contributed by atoms with van der Waals surface area (Å²) >= 11 is 1.26. The standard InChI is InChI=1S/C22H18FN3O2S/c1-15-7-2-3-10-18(15)28-14-20(27)26(13-16-8-4-5-12-24-16)22-25-21-17(23)9-6-11-19(21)29-22/h2-12H,13-14H2,1H3. The number of thiazole rings is 1. The van der Waals surface area contributed by atoms with E-state index in [9.17, 15) is 9.18 Å². The molecule has 0 N–H and O–H groups in total. The average molecular weight is 407 g/mol. The van der Waals surface area contributed by atoms with Crippen LogP contribution in [0.3, 0.4) is 0 Å². The summed E-state index contributed by atoms with van der Waals surface area (Å²) in [6.45, 7) is 1.98. The van der Waals surface area contributed by atoms with Crippen LogP contribution < -0.4 is 9.64 Å². The summed E-state index contributed by atoms with van der Waals surface area (Å²) in [6.07, 6.45) is 1.67. The predicted molar refractivity (Wildman–Crippen MR) is 112 cm³/mol. The molecule has 0 aliphatic rings. The molecule has 2 aromatic carbocycles. The third kappa shape index (κ3) is 4.25. The van der Waals surface area contributed by atoms with Gasteiger partial charge in [-0.15, -0.1) is 0 Å². The number of amides is 1. The molecule has 0 fully saturated rings. The smallest absolute Gasteiger partial charge is 0.267 e. The van der Waals surface area contributed by atoms with Crippen molar-refractivity contribution >= 4 is 32.6 Å². The number of aryl methyl sites for hydroxylation is 1. The van der Waals surface area contributed by atoms with E-state index in [0.717, 1.165) is 5.56 Å². The maximum atomic E-state index is 14.1. The summed E-state index contributed by atoms with van der Waals surface area (Å²) < 4.78 is 20.5. The fourth-order valence-corrected chi connectivity index (χ4v) is 3.87. The Labute approximate surface area is 171 Å². The van der Waals surface area contributed by atoms with Gasteiger partial charge in [0.2, 0.25) is 0 Å². The van der Waals surface area contributed by atoms with Crippen molar-refractivity contribution in [1.29, 1.82) is 0 Å². The van der Waals surface area contributed by atoms with Crippen LogP contribution in [0.5, 0.6) is 5.75 Å². The van der Waals surface area contributed by atoms with Crippen molar-refractivity contribution < 1.29 is 13.9 Å². The number of aromatic nitrogens is 2. The van der Waals surface area contributed by atoms with Crippen molar-refractivity contribution in [3.63, 3.8) is 0 Å². The van der Waals surface area contributed by atoms with Crippen molar-refractivity contribution in [2.75, 3.05) is 11.5 Å². The summed E-state index contributed by atoms with van der Waals surface area (Å²) in [7, 11) is 0. The van der Waals surface area contributed by atoms with Crippen molar-refractivity contribution in [2.24, 2.45) is 0 Å². The first-order valence-electron chi connectivity index (χ1n) is 9.05. The topological polar surface area (TPSA) is 55.3 Å². The number of ether oxygens (including phenoxy) is 1. The van der Waals surface area contributed by atoms with Crippen molar-refractivity contribution in [3.05, 3.63) is 83.9 Å². The minimum atomic E-state index is -0.411. The fraction of sp³-hybridized carbons (Fsp3) is 0.136. The lowest BCUT2D eigenvalue weighted by molar-refractivity contribution is -0.120. The molecule has 146 valence electrons. The number of halogens is 1. The number of nitrogens with zero attached hydrogens (tertiary/aromatic N) is 3. The maximum Gasteiger partial charge on any atom is 0.267 e. The minimum absolute atomic E-state index is 0.157. The van der Waals surface area contributed by atoms with Crippen LogP contribution in [-0.4, -0.2) is 22.5 Å². The highest BCUT2D eigenvalue weighted by Crippen LogP contribution is 2.31. The maximum absolute atomic E-state index is 14.1. The van der Waals surface area contributed by atoms with Gasteiger partial charge in [-0.2, -0.15) is 0 Å². The van der Waals surface area contributed by atoms with Crippen LogP contribution in [0.15, 0.2) is 66.9 Å². The van der Waals surface area contributed by atoms with Gasteiger partial charge in [-0.1, -0.05) is 41.7 Å². The highest BCUT2D eigenvalue weighted by atomic mass is 32.1. The SMILES string of the molecule is Cc1ccccc1OCC(=O)N(Cc1ccccn1)c1nc2c(F)cccc2s1. The van der Waals surface area contributed by atoms with Gasteiger partial charge in [0.1, 0.15) is 17.1 Å². The second-order valence-corrected chi connectivity index (χ2v) is 7.45. The van der Waals surface area contributed by atoms with Gasteiger partial charge in [-0.3, -0.25) is 14.7 Å². The van der Waals surface area contributed by atoms with Gasteiger partial charge in [0.15, 0.2) is 11.7 Å². The predicted octanol–water partition coefficient (Wildman–Crippen LogP) is 4.75. The summed E-state index contributed by atoms with van der Waals surface area (Å²) in [5, 5.41) is 0.411. The summed E-state index contributed by atoms with van der Waals surface area (Å²) in [6, 6.07) is 17.8. The lowest BCUT2D eigenvalue weighted by Gasteiger charge is -2.20. The number of benzene rings is 2. The van der Waals surface area contributed by atoms with Crippen molar-refractivity contribution in [2.45, 2.75) is 13.5 Å². The number of para-hydroxylation sites is 2. The first-order chi connectivity index (χ1) is 14.1. The van der Waals surface area contributed by atoms with Gasteiger partial charge in [-0.25, -0.2) is 9.37 Å². The van der Waals surface area contributed by atoms with E-state index >= 15 is 0 Å². The van der Waals surface area contributed by atoms with E-state index in [4.69, 9.17) is 4.74 Å². The Morgan fingerprint density at radius 2 is 1.93 bits per heavy atom. The Kier molecular flexibility index (Phi) is 5.48. The Morgan fingerprint density at radius 1 is 1.10 bits per heavy atom. The van der Waals surface area contributed by atoms with Gasteiger partial charge < -0.3 is 4.74 Å². The van der Waals surface area contributed by atoms with E-state index in [2.05, 4.69) is 9.97 Å². The number of anilines is 1. The molecular weight excluding hydrogens is 389 g/mol. The van der Waals surface area contributed by atoms with Gasteiger partial charge in [-0.05, 0) is 42.8 Å². The Balaban J connectivity index is 1.63. The zero-order chi connectivity index (χ0) is 20.2. The number of fused-ring (bicyclic) bond motifs is 1. The van der Waals surface area contributed by atoms with Crippen LogP contribution in [0.4, 0.5) is 9.52 Å².